The van der Waals surface area contributed by atoms with E-state index in [9.17, 15) is 10.1 Å². The second-order valence-electron chi connectivity index (χ2n) is 3.65. The van der Waals surface area contributed by atoms with E-state index in [1.54, 1.807) is 14.0 Å². The molecule has 0 fully saturated rings. The van der Waals surface area contributed by atoms with Gasteiger partial charge in [0.1, 0.15) is 12.0 Å². The molecule has 1 N–H and O–H groups in total. The number of aromatic nitrogens is 1. The molecule has 1 heterocycles. The molecule has 0 aliphatic heterocycles. The molecular weight excluding hydrogens is 238 g/mol. The Morgan fingerprint density at radius 1 is 1.44 bits per heavy atom. The van der Waals surface area contributed by atoms with Crippen LogP contribution >= 0.6 is 0 Å². The van der Waals surface area contributed by atoms with Crippen LogP contribution in [0.3, 0.4) is 0 Å². The van der Waals surface area contributed by atoms with Crippen LogP contribution < -0.4 is 5.32 Å². The summed E-state index contributed by atoms with van der Waals surface area (Å²) < 4.78 is 10.1. The van der Waals surface area contributed by atoms with Crippen LogP contribution in [0.25, 0.3) is 0 Å². The Morgan fingerprint density at radius 2 is 2.22 bits per heavy atom. The standard InChI is InChI=1S/C11H17N3O4/c1-9-7-10(14(15)16)8-13-11(9)12-3-4-18-6-5-17-2/h7-8H,3-6H2,1-2H3,(H,12,13). The van der Waals surface area contributed by atoms with Gasteiger partial charge < -0.3 is 14.8 Å². The van der Waals surface area contributed by atoms with Gasteiger partial charge in [0.25, 0.3) is 5.69 Å². The Kier molecular flexibility index (Phi) is 6.03. The van der Waals surface area contributed by atoms with E-state index < -0.39 is 4.92 Å². The highest BCUT2D eigenvalue weighted by atomic mass is 16.6. The number of nitrogens with one attached hydrogen (secondary N) is 1. The summed E-state index contributed by atoms with van der Waals surface area (Å²) in [4.78, 5) is 14.1. The molecule has 0 saturated heterocycles. The van der Waals surface area contributed by atoms with Crippen LogP contribution in [0.5, 0.6) is 0 Å². The van der Waals surface area contributed by atoms with E-state index in [0.29, 0.717) is 32.2 Å². The smallest absolute Gasteiger partial charge is 0.287 e. The van der Waals surface area contributed by atoms with E-state index in [1.165, 1.54) is 12.3 Å². The fourth-order valence-corrected chi connectivity index (χ4v) is 1.33. The first-order valence-electron chi connectivity index (χ1n) is 5.56. The lowest BCUT2D eigenvalue weighted by Crippen LogP contribution is -2.13. The minimum atomic E-state index is -0.461. The third kappa shape index (κ3) is 4.64. The molecule has 1 rings (SSSR count). The molecule has 0 saturated carbocycles. The van der Waals surface area contributed by atoms with Crippen molar-refractivity contribution in [2.45, 2.75) is 6.92 Å². The molecule has 0 bridgehead atoms. The number of nitro groups is 1. The second-order valence-corrected chi connectivity index (χ2v) is 3.65. The predicted octanol–water partition coefficient (Wildman–Crippen LogP) is 1.37. The molecule has 1 aromatic heterocycles. The molecule has 100 valence electrons. The highest BCUT2D eigenvalue weighted by Crippen LogP contribution is 2.17. The Labute approximate surface area is 105 Å². The first kappa shape index (κ1) is 14.3. The fraction of sp³-hybridized carbons (Fsp3) is 0.545. The molecule has 1 aromatic rings. The van der Waals surface area contributed by atoms with E-state index in [4.69, 9.17) is 9.47 Å². The van der Waals surface area contributed by atoms with E-state index in [1.807, 2.05) is 0 Å². The zero-order chi connectivity index (χ0) is 13.4. The average Bonchev–Trinajstić information content (AvgIpc) is 2.35. The first-order valence-corrected chi connectivity index (χ1v) is 5.56. The summed E-state index contributed by atoms with van der Waals surface area (Å²) in [5, 5.41) is 13.6. The van der Waals surface area contributed by atoms with Crippen LogP contribution in [0.2, 0.25) is 0 Å². The van der Waals surface area contributed by atoms with Crippen LogP contribution in [0.4, 0.5) is 11.5 Å². The predicted molar refractivity (Wildman–Crippen MR) is 66.8 cm³/mol. The molecule has 0 aromatic carbocycles. The van der Waals surface area contributed by atoms with Crippen molar-refractivity contribution in [3.63, 3.8) is 0 Å². The van der Waals surface area contributed by atoms with Gasteiger partial charge in [-0.05, 0) is 12.5 Å². The summed E-state index contributed by atoms with van der Waals surface area (Å²) in [5.74, 6) is 0.635. The van der Waals surface area contributed by atoms with Gasteiger partial charge in [0.15, 0.2) is 0 Å². The van der Waals surface area contributed by atoms with Gasteiger partial charge >= 0.3 is 0 Å². The normalized spacial score (nSPS) is 10.3. The van der Waals surface area contributed by atoms with Crippen LogP contribution in [-0.2, 0) is 9.47 Å². The fourth-order valence-electron chi connectivity index (χ4n) is 1.33. The number of ether oxygens (including phenoxy) is 2. The minimum Gasteiger partial charge on any atom is -0.382 e. The van der Waals surface area contributed by atoms with Gasteiger partial charge in [-0.15, -0.1) is 0 Å². The third-order valence-corrected chi connectivity index (χ3v) is 2.25. The van der Waals surface area contributed by atoms with Gasteiger partial charge in [0.05, 0.1) is 24.7 Å². The maximum Gasteiger partial charge on any atom is 0.287 e. The van der Waals surface area contributed by atoms with E-state index in [0.717, 1.165) is 5.56 Å². The monoisotopic (exact) mass is 255 g/mol. The van der Waals surface area contributed by atoms with Crippen molar-refractivity contribution < 1.29 is 14.4 Å². The summed E-state index contributed by atoms with van der Waals surface area (Å²) in [6, 6.07) is 1.49. The highest BCUT2D eigenvalue weighted by molar-refractivity contribution is 5.48. The maximum absolute atomic E-state index is 10.5. The Bertz CT molecular complexity index is 398. The van der Waals surface area contributed by atoms with Gasteiger partial charge in [0.2, 0.25) is 0 Å². The Hall–Kier alpha value is -1.73. The topological polar surface area (TPSA) is 86.5 Å². The molecule has 7 nitrogen and oxygen atoms in total. The van der Waals surface area contributed by atoms with Gasteiger partial charge in [-0.2, -0.15) is 0 Å². The van der Waals surface area contributed by atoms with Crippen molar-refractivity contribution in [3.8, 4) is 0 Å². The number of pyridine rings is 1. The van der Waals surface area contributed by atoms with Crippen molar-refractivity contribution in [1.29, 1.82) is 0 Å². The molecule has 0 aliphatic carbocycles. The number of rotatable bonds is 8. The molecule has 0 radical (unpaired) electrons. The summed E-state index contributed by atoms with van der Waals surface area (Å²) in [6.07, 6.45) is 1.24. The molecule has 0 atom stereocenters. The second kappa shape index (κ2) is 7.57. The lowest BCUT2D eigenvalue weighted by atomic mass is 10.2. The zero-order valence-electron chi connectivity index (χ0n) is 10.5. The van der Waals surface area contributed by atoms with Crippen LogP contribution in [0.15, 0.2) is 12.3 Å². The van der Waals surface area contributed by atoms with Gasteiger partial charge in [-0.3, -0.25) is 10.1 Å². The number of nitrogens with zero attached hydrogens (tertiary/aromatic N) is 2. The number of hydrogen-bond donors (Lipinski definition) is 1. The minimum absolute atomic E-state index is 0.00519. The van der Waals surface area contributed by atoms with Gasteiger partial charge in [-0.25, -0.2) is 4.98 Å². The zero-order valence-corrected chi connectivity index (χ0v) is 10.5. The molecule has 18 heavy (non-hydrogen) atoms. The SMILES string of the molecule is COCCOCCNc1ncc([N+](=O)[O-])cc1C. The van der Waals surface area contributed by atoms with Crippen molar-refractivity contribution in [2.24, 2.45) is 0 Å². The quantitative estimate of drug-likeness (QED) is 0.429. The lowest BCUT2D eigenvalue weighted by Gasteiger charge is -2.08. The van der Waals surface area contributed by atoms with Crippen molar-refractivity contribution >= 4 is 11.5 Å². The van der Waals surface area contributed by atoms with Gasteiger partial charge in [-0.1, -0.05) is 0 Å². The first-order chi connectivity index (χ1) is 8.65. The van der Waals surface area contributed by atoms with Gasteiger partial charge in [0, 0.05) is 19.7 Å². The number of methoxy groups -OCH3 is 1. The van der Waals surface area contributed by atoms with Crippen molar-refractivity contribution in [2.75, 3.05) is 38.8 Å². The molecular formula is C11H17N3O4. The summed E-state index contributed by atoms with van der Waals surface area (Å²) in [7, 11) is 1.62. The van der Waals surface area contributed by atoms with E-state index >= 15 is 0 Å². The molecule has 0 aliphatic rings. The number of hydrogen-bond acceptors (Lipinski definition) is 6. The van der Waals surface area contributed by atoms with Crippen molar-refractivity contribution in [3.05, 3.63) is 27.9 Å². The van der Waals surface area contributed by atoms with Crippen LogP contribution in [-0.4, -0.2) is 43.4 Å². The summed E-state index contributed by atoms with van der Waals surface area (Å²) in [5.41, 5.74) is 0.732. The largest absolute Gasteiger partial charge is 0.382 e. The molecule has 7 heteroatoms. The van der Waals surface area contributed by atoms with E-state index in [2.05, 4.69) is 10.3 Å². The molecule has 0 spiro atoms. The maximum atomic E-state index is 10.5. The third-order valence-electron chi connectivity index (χ3n) is 2.25. The van der Waals surface area contributed by atoms with Crippen molar-refractivity contribution in [1.82, 2.24) is 4.98 Å². The number of anilines is 1. The lowest BCUT2D eigenvalue weighted by molar-refractivity contribution is -0.385. The summed E-state index contributed by atoms with van der Waals surface area (Å²) in [6.45, 7) is 4.00. The molecule has 0 unspecified atom stereocenters. The summed E-state index contributed by atoms with van der Waals surface area (Å²) >= 11 is 0. The Balaban J connectivity index is 2.36. The van der Waals surface area contributed by atoms with Crippen LogP contribution in [0.1, 0.15) is 5.56 Å². The number of aryl methyl sites for hydroxylation is 1. The Morgan fingerprint density at radius 3 is 2.83 bits per heavy atom. The van der Waals surface area contributed by atoms with E-state index in [-0.39, 0.29) is 5.69 Å². The average molecular weight is 255 g/mol. The highest BCUT2D eigenvalue weighted by Gasteiger charge is 2.08. The van der Waals surface area contributed by atoms with Crippen LogP contribution in [0, 0.1) is 17.0 Å². The molecule has 0 amide bonds.